The van der Waals surface area contributed by atoms with Crippen LogP contribution in [0, 0.1) is 26.6 Å². The number of aromatic nitrogens is 2. The average Bonchev–Trinajstić information content (AvgIpc) is 2.60. The number of aryl methyl sites for hydroxylation is 3. The monoisotopic (exact) mass is 350 g/mol. The Bertz CT molecular complexity index is 871. The van der Waals surface area contributed by atoms with Crippen LogP contribution < -0.4 is 10.6 Å². The first-order valence-corrected chi connectivity index (χ1v) is 8.68. The van der Waals surface area contributed by atoms with E-state index in [-0.39, 0.29) is 5.82 Å². The number of hydrogen-bond acceptors (Lipinski definition) is 4. The Morgan fingerprint density at radius 2 is 1.62 bits per heavy atom. The minimum absolute atomic E-state index is 0.217. The molecule has 1 aromatic heterocycles. The maximum absolute atomic E-state index is 13.0. The van der Waals surface area contributed by atoms with Gasteiger partial charge in [0.25, 0.3) is 0 Å². The zero-order valence-corrected chi connectivity index (χ0v) is 15.3. The molecule has 2 aromatic carbocycles. The van der Waals surface area contributed by atoms with Crippen LogP contribution in [-0.2, 0) is 6.42 Å². The highest BCUT2D eigenvalue weighted by molar-refractivity contribution is 5.65. The third-order valence-corrected chi connectivity index (χ3v) is 4.20. The van der Waals surface area contributed by atoms with Crippen LogP contribution in [0.3, 0.4) is 0 Å². The first-order chi connectivity index (χ1) is 12.5. The quantitative estimate of drug-likeness (QED) is 0.661. The Morgan fingerprint density at radius 1 is 0.923 bits per heavy atom. The van der Waals surface area contributed by atoms with Gasteiger partial charge in [-0.15, -0.1) is 0 Å². The molecule has 0 amide bonds. The number of halogens is 1. The fraction of sp³-hybridized carbons (Fsp3) is 0.238. The predicted octanol–water partition coefficient (Wildman–Crippen LogP) is 4.94. The van der Waals surface area contributed by atoms with Crippen LogP contribution in [0.2, 0.25) is 0 Å². The van der Waals surface area contributed by atoms with Gasteiger partial charge < -0.3 is 10.6 Å². The Kier molecular flexibility index (Phi) is 5.46. The van der Waals surface area contributed by atoms with E-state index in [1.54, 1.807) is 12.1 Å². The van der Waals surface area contributed by atoms with Gasteiger partial charge in [-0.2, -0.15) is 4.98 Å². The van der Waals surface area contributed by atoms with Crippen molar-refractivity contribution >= 4 is 17.5 Å². The summed E-state index contributed by atoms with van der Waals surface area (Å²) < 4.78 is 13.0. The molecule has 0 bridgehead atoms. The summed E-state index contributed by atoms with van der Waals surface area (Å²) in [4.78, 5) is 9.01. The molecular formula is C21H23FN4. The second-order valence-corrected chi connectivity index (χ2v) is 6.41. The van der Waals surface area contributed by atoms with E-state index in [4.69, 9.17) is 0 Å². The molecule has 3 rings (SSSR count). The Morgan fingerprint density at radius 3 is 2.31 bits per heavy atom. The molecule has 0 aliphatic rings. The van der Waals surface area contributed by atoms with Crippen LogP contribution >= 0.6 is 0 Å². The van der Waals surface area contributed by atoms with Crippen LogP contribution in [0.15, 0.2) is 48.5 Å². The zero-order chi connectivity index (χ0) is 18.5. The zero-order valence-electron chi connectivity index (χ0n) is 15.3. The molecule has 5 heteroatoms. The lowest BCUT2D eigenvalue weighted by atomic mass is 10.1. The van der Waals surface area contributed by atoms with Gasteiger partial charge in [0.1, 0.15) is 11.6 Å². The summed E-state index contributed by atoms with van der Waals surface area (Å²) in [6.07, 6.45) is 0.775. The number of benzene rings is 2. The third kappa shape index (κ3) is 4.57. The van der Waals surface area contributed by atoms with Crippen molar-refractivity contribution in [3.63, 3.8) is 0 Å². The van der Waals surface area contributed by atoms with Gasteiger partial charge in [0.05, 0.1) is 0 Å². The molecule has 3 aromatic rings. The van der Waals surface area contributed by atoms with Gasteiger partial charge >= 0.3 is 0 Å². The number of anilines is 3. The maximum Gasteiger partial charge on any atom is 0.224 e. The van der Waals surface area contributed by atoms with Crippen LogP contribution in [-0.4, -0.2) is 16.5 Å². The molecule has 1 heterocycles. The highest BCUT2D eigenvalue weighted by atomic mass is 19.1. The topological polar surface area (TPSA) is 49.8 Å². The fourth-order valence-electron chi connectivity index (χ4n) is 2.82. The lowest BCUT2D eigenvalue weighted by molar-refractivity contribution is 0.627. The van der Waals surface area contributed by atoms with Crippen molar-refractivity contribution in [1.29, 1.82) is 0 Å². The van der Waals surface area contributed by atoms with E-state index in [1.165, 1.54) is 23.3 Å². The van der Waals surface area contributed by atoms with E-state index >= 15 is 0 Å². The van der Waals surface area contributed by atoms with Gasteiger partial charge in [0, 0.05) is 24.0 Å². The van der Waals surface area contributed by atoms with Gasteiger partial charge in [0.15, 0.2) is 0 Å². The van der Waals surface area contributed by atoms with E-state index in [0.29, 0.717) is 12.5 Å². The normalized spacial score (nSPS) is 10.6. The third-order valence-electron chi connectivity index (χ3n) is 4.20. The average molecular weight is 350 g/mol. The molecule has 0 aliphatic carbocycles. The molecule has 0 fully saturated rings. The molecule has 134 valence electrons. The summed E-state index contributed by atoms with van der Waals surface area (Å²) in [6, 6.07) is 14.7. The van der Waals surface area contributed by atoms with Crippen molar-refractivity contribution in [2.45, 2.75) is 27.2 Å². The molecule has 26 heavy (non-hydrogen) atoms. The first kappa shape index (κ1) is 17.9. The summed E-state index contributed by atoms with van der Waals surface area (Å²) in [7, 11) is 0. The van der Waals surface area contributed by atoms with Crippen molar-refractivity contribution in [1.82, 2.24) is 9.97 Å². The molecule has 0 radical (unpaired) electrons. The summed E-state index contributed by atoms with van der Waals surface area (Å²) in [5.41, 5.74) is 5.38. The molecule has 4 nitrogen and oxygen atoms in total. The number of hydrogen-bond donors (Lipinski definition) is 2. The molecule has 0 saturated carbocycles. The van der Waals surface area contributed by atoms with Gasteiger partial charge in [-0.1, -0.05) is 30.3 Å². The smallest absolute Gasteiger partial charge is 0.224 e. The van der Waals surface area contributed by atoms with Gasteiger partial charge in [-0.05, 0) is 56.0 Å². The lowest BCUT2D eigenvalue weighted by Crippen LogP contribution is -2.10. The van der Waals surface area contributed by atoms with Crippen molar-refractivity contribution in [2.24, 2.45) is 0 Å². The number of rotatable bonds is 6. The van der Waals surface area contributed by atoms with E-state index < -0.39 is 0 Å². The van der Waals surface area contributed by atoms with Crippen molar-refractivity contribution < 1.29 is 4.39 Å². The summed E-state index contributed by atoms with van der Waals surface area (Å²) in [5.74, 6) is 1.13. The van der Waals surface area contributed by atoms with Gasteiger partial charge in [0.2, 0.25) is 5.95 Å². The van der Waals surface area contributed by atoms with Crippen LogP contribution in [0.4, 0.5) is 21.8 Å². The Labute approximate surface area is 153 Å². The molecule has 2 N–H and O–H groups in total. The second kappa shape index (κ2) is 7.95. The second-order valence-electron chi connectivity index (χ2n) is 6.41. The minimum atomic E-state index is -0.217. The minimum Gasteiger partial charge on any atom is -0.354 e. The highest BCUT2D eigenvalue weighted by Crippen LogP contribution is 2.24. The molecule has 0 aliphatic heterocycles. The Balaban J connectivity index is 1.68. The lowest BCUT2D eigenvalue weighted by Gasteiger charge is -2.13. The first-order valence-electron chi connectivity index (χ1n) is 8.68. The van der Waals surface area contributed by atoms with E-state index in [9.17, 15) is 4.39 Å². The molecule has 0 unspecified atom stereocenters. The molecule has 0 saturated heterocycles. The molecule has 0 spiro atoms. The Hall–Kier alpha value is -2.95. The van der Waals surface area contributed by atoms with E-state index in [1.807, 2.05) is 19.1 Å². The highest BCUT2D eigenvalue weighted by Gasteiger charge is 2.06. The van der Waals surface area contributed by atoms with Crippen LogP contribution in [0.1, 0.15) is 22.4 Å². The molecular weight excluding hydrogens is 327 g/mol. The maximum atomic E-state index is 13.0. The fourth-order valence-corrected chi connectivity index (χ4v) is 2.82. The summed E-state index contributed by atoms with van der Waals surface area (Å²) in [5, 5.41) is 6.65. The van der Waals surface area contributed by atoms with Gasteiger partial charge in [-0.25, -0.2) is 9.37 Å². The summed E-state index contributed by atoms with van der Waals surface area (Å²) >= 11 is 0. The van der Waals surface area contributed by atoms with E-state index in [0.717, 1.165) is 29.2 Å². The number of nitrogens with one attached hydrogen (secondary N) is 2. The van der Waals surface area contributed by atoms with E-state index in [2.05, 4.69) is 46.6 Å². The van der Waals surface area contributed by atoms with Crippen molar-refractivity contribution in [3.8, 4) is 0 Å². The SMILES string of the molecule is Cc1cc(Nc2c(C)cccc2C)nc(NCCc2ccc(F)cc2)n1. The van der Waals surface area contributed by atoms with Crippen molar-refractivity contribution in [3.05, 3.63) is 76.7 Å². The predicted molar refractivity (Wildman–Crippen MR) is 105 cm³/mol. The molecule has 0 atom stereocenters. The number of para-hydroxylation sites is 1. The van der Waals surface area contributed by atoms with Crippen LogP contribution in [0.25, 0.3) is 0 Å². The van der Waals surface area contributed by atoms with Gasteiger partial charge in [-0.3, -0.25) is 0 Å². The number of nitrogens with zero attached hydrogens (tertiary/aromatic N) is 2. The summed E-state index contributed by atoms with van der Waals surface area (Å²) in [6.45, 7) is 6.77. The van der Waals surface area contributed by atoms with Crippen LogP contribution in [0.5, 0.6) is 0 Å². The van der Waals surface area contributed by atoms with Crippen molar-refractivity contribution in [2.75, 3.05) is 17.2 Å². The largest absolute Gasteiger partial charge is 0.354 e. The standard InChI is InChI=1S/C21H23FN4/c1-14-5-4-6-15(2)20(14)25-19-13-16(3)24-21(26-19)23-12-11-17-7-9-18(22)10-8-17/h4-10,13H,11-12H2,1-3H3,(H2,23,24,25,26).